The molecule has 0 saturated heterocycles. The van der Waals surface area contributed by atoms with E-state index in [0.717, 1.165) is 22.4 Å². The molecule has 6 nitrogen and oxygen atoms in total. The van der Waals surface area contributed by atoms with Gasteiger partial charge in [0.2, 0.25) is 11.8 Å². The molecule has 2 N–H and O–H groups in total. The first-order valence-electron chi connectivity index (χ1n) is 9.11. The molecule has 0 atom stereocenters. The molecule has 0 fully saturated rings. The molecule has 0 unspecified atom stereocenters. The molecular formula is C21H24N4O2. The summed E-state index contributed by atoms with van der Waals surface area (Å²) < 4.78 is 2.01. The van der Waals surface area contributed by atoms with Crippen LogP contribution >= 0.6 is 0 Å². The summed E-state index contributed by atoms with van der Waals surface area (Å²) >= 11 is 0. The van der Waals surface area contributed by atoms with Crippen LogP contribution < -0.4 is 10.6 Å². The number of carbonyl (C=O) groups excluding carboxylic acids is 2. The van der Waals surface area contributed by atoms with Gasteiger partial charge in [-0.3, -0.25) is 9.59 Å². The van der Waals surface area contributed by atoms with Crippen molar-refractivity contribution in [2.24, 2.45) is 7.05 Å². The molecule has 2 amide bonds. The molecule has 0 aliphatic rings. The summed E-state index contributed by atoms with van der Waals surface area (Å²) in [5, 5.41) is 5.65. The minimum atomic E-state index is -0.0745. The van der Waals surface area contributed by atoms with E-state index in [9.17, 15) is 9.59 Å². The predicted octanol–water partition coefficient (Wildman–Crippen LogP) is 2.33. The van der Waals surface area contributed by atoms with Crippen LogP contribution in [0.4, 0.5) is 0 Å². The summed E-state index contributed by atoms with van der Waals surface area (Å²) in [6.45, 7) is 0.836. The van der Waals surface area contributed by atoms with Gasteiger partial charge in [0.05, 0.1) is 11.0 Å². The van der Waals surface area contributed by atoms with Gasteiger partial charge in [0, 0.05) is 39.4 Å². The third kappa shape index (κ3) is 5.17. The van der Waals surface area contributed by atoms with Gasteiger partial charge in [0.15, 0.2) is 0 Å². The Morgan fingerprint density at radius 1 is 0.926 bits per heavy atom. The minimum Gasteiger partial charge on any atom is -0.356 e. The summed E-state index contributed by atoms with van der Waals surface area (Å²) in [7, 11) is 1.96. The Hall–Kier alpha value is -3.15. The van der Waals surface area contributed by atoms with E-state index >= 15 is 0 Å². The van der Waals surface area contributed by atoms with Crippen molar-refractivity contribution in [1.29, 1.82) is 0 Å². The lowest BCUT2D eigenvalue weighted by atomic mass is 10.2. The van der Waals surface area contributed by atoms with Gasteiger partial charge in [-0.2, -0.15) is 0 Å². The van der Waals surface area contributed by atoms with Crippen LogP contribution in [0.2, 0.25) is 0 Å². The van der Waals surface area contributed by atoms with E-state index in [-0.39, 0.29) is 18.2 Å². The minimum absolute atomic E-state index is 0.0714. The molecule has 27 heavy (non-hydrogen) atoms. The maximum Gasteiger partial charge on any atom is 0.222 e. The molecule has 0 bridgehead atoms. The van der Waals surface area contributed by atoms with E-state index in [2.05, 4.69) is 15.6 Å². The Morgan fingerprint density at radius 3 is 2.41 bits per heavy atom. The molecule has 1 aromatic heterocycles. The van der Waals surface area contributed by atoms with Gasteiger partial charge in [0.1, 0.15) is 5.82 Å². The zero-order valence-electron chi connectivity index (χ0n) is 15.4. The first-order chi connectivity index (χ1) is 13.1. The number of carbonyl (C=O) groups is 2. The fourth-order valence-corrected chi connectivity index (χ4v) is 2.93. The second-order valence-corrected chi connectivity index (χ2v) is 6.44. The summed E-state index contributed by atoms with van der Waals surface area (Å²) in [5.74, 6) is 0.736. The number of hydrogen-bond donors (Lipinski definition) is 2. The zero-order valence-corrected chi connectivity index (χ0v) is 15.4. The second kappa shape index (κ2) is 8.98. The highest BCUT2D eigenvalue weighted by atomic mass is 16.2. The van der Waals surface area contributed by atoms with Gasteiger partial charge < -0.3 is 15.2 Å². The third-order valence-corrected chi connectivity index (χ3v) is 4.46. The third-order valence-electron chi connectivity index (χ3n) is 4.46. The monoisotopic (exact) mass is 364 g/mol. The van der Waals surface area contributed by atoms with Gasteiger partial charge in [-0.05, 0) is 17.7 Å². The van der Waals surface area contributed by atoms with Gasteiger partial charge in [-0.25, -0.2) is 4.98 Å². The van der Waals surface area contributed by atoms with Crippen LogP contribution in [0.25, 0.3) is 11.0 Å². The molecule has 2 aromatic carbocycles. The molecule has 0 aliphatic carbocycles. The summed E-state index contributed by atoms with van der Waals surface area (Å²) in [6, 6.07) is 17.6. The van der Waals surface area contributed by atoms with E-state index < -0.39 is 0 Å². The fraction of sp³-hybridized carbons (Fsp3) is 0.286. The van der Waals surface area contributed by atoms with Crippen LogP contribution in [0.3, 0.4) is 0 Å². The number of nitrogens with one attached hydrogen (secondary N) is 2. The second-order valence-electron chi connectivity index (χ2n) is 6.44. The van der Waals surface area contributed by atoms with Crippen LogP contribution in [-0.2, 0) is 29.6 Å². The number of fused-ring (bicyclic) bond motifs is 1. The van der Waals surface area contributed by atoms with E-state index in [0.29, 0.717) is 25.9 Å². The molecule has 0 spiro atoms. The highest BCUT2D eigenvalue weighted by Crippen LogP contribution is 2.15. The van der Waals surface area contributed by atoms with Crippen molar-refractivity contribution in [1.82, 2.24) is 20.2 Å². The Bertz CT molecular complexity index is 918. The molecule has 1 heterocycles. The Morgan fingerprint density at radius 2 is 1.63 bits per heavy atom. The standard InChI is InChI=1S/C21H24N4O2/c1-25-18-10-6-5-9-17(18)24-19(25)11-12-20(26)22-14-13-21(27)23-15-16-7-3-2-4-8-16/h2-10H,11-15H2,1H3,(H,22,26)(H,23,27). The SMILES string of the molecule is Cn1c(CCC(=O)NCCC(=O)NCc2ccccc2)nc2ccccc21. The predicted molar refractivity (Wildman–Crippen MR) is 105 cm³/mol. The highest BCUT2D eigenvalue weighted by molar-refractivity contribution is 5.79. The highest BCUT2D eigenvalue weighted by Gasteiger charge is 2.10. The fourth-order valence-electron chi connectivity index (χ4n) is 2.93. The van der Waals surface area contributed by atoms with Crippen molar-refractivity contribution in [2.45, 2.75) is 25.8 Å². The Kier molecular flexibility index (Phi) is 6.20. The number of para-hydroxylation sites is 2. The van der Waals surface area contributed by atoms with E-state index in [1.54, 1.807) is 0 Å². The average molecular weight is 364 g/mol. The van der Waals surface area contributed by atoms with Crippen molar-refractivity contribution < 1.29 is 9.59 Å². The number of hydrogen-bond acceptors (Lipinski definition) is 3. The lowest BCUT2D eigenvalue weighted by Crippen LogP contribution is -2.30. The molecule has 0 aliphatic heterocycles. The average Bonchev–Trinajstić information content (AvgIpc) is 3.02. The van der Waals surface area contributed by atoms with Gasteiger partial charge in [-0.15, -0.1) is 0 Å². The summed E-state index contributed by atoms with van der Waals surface area (Å²) in [6.07, 6.45) is 1.19. The number of amides is 2. The molecule has 3 aromatic rings. The van der Waals surface area contributed by atoms with Crippen LogP contribution in [0.1, 0.15) is 24.2 Å². The maximum atomic E-state index is 12.0. The number of benzene rings is 2. The molecule has 140 valence electrons. The molecule has 0 saturated carbocycles. The normalized spacial score (nSPS) is 10.7. The smallest absolute Gasteiger partial charge is 0.222 e. The topological polar surface area (TPSA) is 76.0 Å². The maximum absolute atomic E-state index is 12.0. The number of aromatic nitrogens is 2. The lowest BCUT2D eigenvalue weighted by molar-refractivity contribution is -0.122. The van der Waals surface area contributed by atoms with Crippen molar-refractivity contribution in [3.8, 4) is 0 Å². The zero-order chi connectivity index (χ0) is 19.1. The van der Waals surface area contributed by atoms with Crippen molar-refractivity contribution >= 4 is 22.8 Å². The van der Waals surface area contributed by atoms with E-state index in [4.69, 9.17) is 0 Å². The van der Waals surface area contributed by atoms with E-state index in [1.165, 1.54) is 0 Å². The van der Waals surface area contributed by atoms with Crippen molar-refractivity contribution in [3.63, 3.8) is 0 Å². The summed E-state index contributed by atoms with van der Waals surface area (Å²) in [5.41, 5.74) is 3.05. The largest absolute Gasteiger partial charge is 0.356 e. The van der Waals surface area contributed by atoms with E-state index in [1.807, 2.05) is 66.2 Å². The van der Waals surface area contributed by atoms with Gasteiger partial charge >= 0.3 is 0 Å². The number of aryl methyl sites for hydroxylation is 2. The van der Waals surface area contributed by atoms with Crippen molar-refractivity contribution in [3.05, 3.63) is 66.0 Å². The first kappa shape index (κ1) is 18.6. The number of imidazole rings is 1. The van der Waals surface area contributed by atoms with Crippen LogP contribution in [0.15, 0.2) is 54.6 Å². The quantitative estimate of drug-likeness (QED) is 0.644. The summed E-state index contributed by atoms with van der Waals surface area (Å²) in [4.78, 5) is 28.4. The molecular weight excluding hydrogens is 340 g/mol. The molecule has 3 rings (SSSR count). The molecule has 0 radical (unpaired) electrons. The first-order valence-corrected chi connectivity index (χ1v) is 9.11. The number of nitrogens with zero attached hydrogens (tertiary/aromatic N) is 2. The van der Waals surface area contributed by atoms with Gasteiger partial charge in [-0.1, -0.05) is 42.5 Å². The Balaban J connectivity index is 1.37. The van der Waals surface area contributed by atoms with Crippen molar-refractivity contribution in [2.75, 3.05) is 6.54 Å². The number of rotatable bonds is 8. The van der Waals surface area contributed by atoms with Crippen LogP contribution in [-0.4, -0.2) is 27.9 Å². The lowest BCUT2D eigenvalue weighted by Gasteiger charge is -2.07. The van der Waals surface area contributed by atoms with Crippen LogP contribution in [0, 0.1) is 0 Å². The van der Waals surface area contributed by atoms with Crippen LogP contribution in [0.5, 0.6) is 0 Å². The van der Waals surface area contributed by atoms with Gasteiger partial charge in [0.25, 0.3) is 0 Å². The Labute approximate surface area is 158 Å². The molecule has 6 heteroatoms.